The zero-order chi connectivity index (χ0) is 14.8. The Kier molecular flexibility index (Phi) is 3.48. The van der Waals surface area contributed by atoms with Crippen LogP contribution in [0.1, 0.15) is 5.56 Å². The maximum absolute atomic E-state index is 13.7. The second-order valence-corrected chi connectivity index (χ2v) is 4.96. The van der Waals surface area contributed by atoms with Crippen LogP contribution in [0.2, 0.25) is 0 Å². The Morgan fingerprint density at radius 1 is 1.33 bits per heavy atom. The largest absolute Gasteiger partial charge is 0.477 e. The second-order valence-electron chi connectivity index (χ2n) is 4.96. The number of halogens is 1. The molecule has 1 atom stereocenters. The third kappa shape index (κ3) is 2.81. The Morgan fingerprint density at radius 2 is 2.14 bits per heavy atom. The molecule has 1 aliphatic heterocycles. The van der Waals surface area contributed by atoms with E-state index >= 15 is 0 Å². The van der Waals surface area contributed by atoms with Crippen molar-refractivity contribution in [1.82, 2.24) is 0 Å². The van der Waals surface area contributed by atoms with E-state index in [4.69, 9.17) is 4.74 Å². The molecule has 1 aliphatic rings. The van der Waals surface area contributed by atoms with E-state index in [1.54, 1.807) is 18.2 Å². The smallest absolute Gasteiger partial charge is 0.267 e. The molecule has 0 aromatic heterocycles. The Balaban J connectivity index is 1.74. The normalized spacial score (nSPS) is 16.4. The first-order chi connectivity index (χ1) is 10.1. The number of carbonyl (C=O) groups is 1. The monoisotopic (exact) mass is 286 g/mol. The number of amides is 1. The summed E-state index contributed by atoms with van der Waals surface area (Å²) < 4.78 is 19.3. The molecule has 1 unspecified atom stereocenters. The molecule has 21 heavy (non-hydrogen) atoms. The van der Waals surface area contributed by atoms with Crippen LogP contribution in [0.5, 0.6) is 5.75 Å². The fourth-order valence-corrected chi connectivity index (χ4v) is 2.21. The number of anilines is 2. The van der Waals surface area contributed by atoms with Gasteiger partial charge in [0.15, 0.2) is 6.10 Å². The van der Waals surface area contributed by atoms with Gasteiger partial charge in [0.2, 0.25) is 0 Å². The summed E-state index contributed by atoms with van der Waals surface area (Å²) in [5.74, 6) is -0.215. The Bertz CT molecular complexity index is 688. The molecular formula is C16H15FN2O2. The summed E-state index contributed by atoms with van der Waals surface area (Å²) in [5.41, 5.74) is 1.89. The van der Waals surface area contributed by atoms with E-state index in [1.807, 2.05) is 25.1 Å². The van der Waals surface area contributed by atoms with Gasteiger partial charge >= 0.3 is 0 Å². The van der Waals surface area contributed by atoms with E-state index in [0.29, 0.717) is 12.3 Å². The van der Waals surface area contributed by atoms with E-state index in [0.717, 1.165) is 11.3 Å². The fourth-order valence-electron chi connectivity index (χ4n) is 2.21. The van der Waals surface area contributed by atoms with Crippen molar-refractivity contribution in [1.29, 1.82) is 0 Å². The van der Waals surface area contributed by atoms with Gasteiger partial charge in [-0.3, -0.25) is 4.79 Å². The van der Waals surface area contributed by atoms with Crippen molar-refractivity contribution >= 4 is 17.3 Å². The SMILES string of the molecule is Cc1ccc(F)c(NC(=O)C2CNc3ccccc3O2)c1. The molecular weight excluding hydrogens is 271 g/mol. The average Bonchev–Trinajstić information content (AvgIpc) is 2.50. The molecule has 0 saturated heterocycles. The lowest BCUT2D eigenvalue weighted by atomic mass is 10.2. The van der Waals surface area contributed by atoms with E-state index in [1.165, 1.54) is 6.07 Å². The van der Waals surface area contributed by atoms with Gasteiger partial charge in [-0.1, -0.05) is 18.2 Å². The van der Waals surface area contributed by atoms with Gasteiger partial charge in [0.05, 0.1) is 17.9 Å². The molecule has 5 heteroatoms. The summed E-state index contributed by atoms with van der Waals surface area (Å²) in [6.07, 6.45) is -0.695. The molecule has 0 fully saturated rings. The van der Waals surface area contributed by atoms with Gasteiger partial charge in [-0.05, 0) is 36.8 Å². The molecule has 1 amide bonds. The standard InChI is InChI=1S/C16H15FN2O2/c1-10-6-7-11(17)13(8-10)19-16(20)15-9-18-12-4-2-3-5-14(12)21-15/h2-8,15,18H,9H2,1H3,(H,19,20). The molecule has 0 spiro atoms. The van der Waals surface area contributed by atoms with Crippen molar-refractivity contribution in [2.45, 2.75) is 13.0 Å². The van der Waals surface area contributed by atoms with Gasteiger partial charge in [-0.25, -0.2) is 4.39 Å². The number of fused-ring (bicyclic) bond motifs is 1. The number of rotatable bonds is 2. The summed E-state index contributed by atoms with van der Waals surface area (Å²) in [4.78, 5) is 12.2. The lowest BCUT2D eigenvalue weighted by Crippen LogP contribution is -2.41. The molecule has 0 bridgehead atoms. The number of hydrogen-bond donors (Lipinski definition) is 2. The second kappa shape index (κ2) is 5.44. The molecule has 2 N–H and O–H groups in total. The van der Waals surface area contributed by atoms with Crippen molar-refractivity contribution in [2.24, 2.45) is 0 Å². The minimum atomic E-state index is -0.695. The minimum Gasteiger partial charge on any atom is -0.477 e. The summed E-state index contributed by atoms with van der Waals surface area (Å²) in [6, 6.07) is 12.0. The van der Waals surface area contributed by atoms with Gasteiger partial charge in [-0.2, -0.15) is 0 Å². The first kappa shape index (κ1) is 13.4. The van der Waals surface area contributed by atoms with Crippen LogP contribution in [0.25, 0.3) is 0 Å². The van der Waals surface area contributed by atoms with Gasteiger partial charge < -0.3 is 15.4 Å². The Labute approximate surface area is 121 Å². The van der Waals surface area contributed by atoms with Crippen LogP contribution in [-0.2, 0) is 4.79 Å². The van der Waals surface area contributed by atoms with Crippen LogP contribution in [0.15, 0.2) is 42.5 Å². The highest BCUT2D eigenvalue weighted by Gasteiger charge is 2.26. The van der Waals surface area contributed by atoms with Crippen molar-refractivity contribution in [3.63, 3.8) is 0 Å². The zero-order valence-corrected chi connectivity index (χ0v) is 11.5. The fraction of sp³-hybridized carbons (Fsp3) is 0.188. The van der Waals surface area contributed by atoms with Crippen LogP contribution in [-0.4, -0.2) is 18.6 Å². The van der Waals surface area contributed by atoms with Crippen molar-refractivity contribution in [3.05, 3.63) is 53.8 Å². The van der Waals surface area contributed by atoms with Crippen LogP contribution in [0.4, 0.5) is 15.8 Å². The molecule has 0 saturated carbocycles. The number of ether oxygens (including phenoxy) is 1. The predicted molar refractivity (Wildman–Crippen MR) is 79.1 cm³/mol. The van der Waals surface area contributed by atoms with E-state index in [9.17, 15) is 9.18 Å². The van der Waals surface area contributed by atoms with Crippen LogP contribution >= 0.6 is 0 Å². The highest BCUT2D eigenvalue weighted by molar-refractivity contribution is 5.95. The quantitative estimate of drug-likeness (QED) is 0.892. The minimum absolute atomic E-state index is 0.169. The van der Waals surface area contributed by atoms with Crippen LogP contribution in [0.3, 0.4) is 0 Å². The lowest BCUT2D eigenvalue weighted by Gasteiger charge is -2.26. The summed E-state index contributed by atoms with van der Waals surface area (Å²) in [5, 5.41) is 5.70. The number of benzene rings is 2. The third-order valence-corrected chi connectivity index (χ3v) is 3.31. The van der Waals surface area contributed by atoms with E-state index in [-0.39, 0.29) is 11.6 Å². The molecule has 4 nitrogen and oxygen atoms in total. The molecule has 108 valence electrons. The average molecular weight is 286 g/mol. The van der Waals surface area contributed by atoms with E-state index < -0.39 is 11.9 Å². The van der Waals surface area contributed by atoms with Gasteiger partial charge in [0.1, 0.15) is 11.6 Å². The summed E-state index contributed by atoms with van der Waals surface area (Å²) >= 11 is 0. The molecule has 0 aliphatic carbocycles. The van der Waals surface area contributed by atoms with Crippen LogP contribution in [0, 0.1) is 12.7 Å². The van der Waals surface area contributed by atoms with E-state index in [2.05, 4.69) is 10.6 Å². The van der Waals surface area contributed by atoms with Crippen molar-refractivity contribution < 1.29 is 13.9 Å². The van der Waals surface area contributed by atoms with Crippen LogP contribution < -0.4 is 15.4 Å². The van der Waals surface area contributed by atoms with Gasteiger partial charge in [-0.15, -0.1) is 0 Å². The maximum atomic E-state index is 13.7. The topological polar surface area (TPSA) is 50.4 Å². The van der Waals surface area contributed by atoms with Gasteiger partial charge in [0.25, 0.3) is 5.91 Å². The lowest BCUT2D eigenvalue weighted by molar-refractivity contribution is -0.122. The van der Waals surface area contributed by atoms with Crippen molar-refractivity contribution in [3.8, 4) is 5.75 Å². The Hall–Kier alpha value is -2.56. The molecule has 2 aromatic rings. The maximum Gasteiger partial charge on any atom is 0.267 e. The third-order valence-electron chi connectivity index (χ3n) is 3.31. The number of para-hydroxylation sites is 2. The van der Waals surface area contributed by atoms with Crippen molar-refractivity contribution in [2.75, 3.05) is 17.2 Å². The molecule has 0 radical (unpaired) electrons. The first-order valence-corrected chi connectivity index (χ1v) is 6.70. The predicted octanol–water partition coefficient (Wildman–Crippen LogP) is 2.95. The highest BCUT2D eigenvalue weighted by atomic mass is 19.1. The molecule has 2 aromatic carbocycles. The number of aryl methyl sites for hydroxylation is 1. The summed E-state index contributed by atoms with van der Waals surface area (Å²) in [6.45, 7) is 2.18. The molecule has 1 heterocycles. The molecule has 3 rings (SSSR count). The Morgan fingerprint density at radius 3 is 3.00 bits per heavy atom. The number of nitrogens with one attached hydrogen (secondary N) is 2. The number of hydrogen-bond acceptors (Lipinski definition) is 3. The number of carbonyl (C=O) groups excluding carboxylic acids is 1. The summed E-state index contributed by atoms with van der Waals surface area (Å²) in [7, 11) is 0. The zero-order valence-electron chi connectivity index (χ0n) is 11.5. The van der Waals surface area contributed by atoms with Gasteiger partial charge in [0, 0.05) is 0 Å². The highest BCUT2D eigenvalue weighted by Crippen LogP contribution is 2.28. The first-order valence-electron chi connectivity index (χ1n) is 6.70.